The first kappa shape index (κ1) is 32.2. The molecule has 0 radical (unpaired) electrons. The number of aliphatic hydroxyl groups excluding tert-OH is 4. The Labute approximate surface area is 221 Å². The van der Waals surface area contributed by atoms with Gasteiger partial charge in [-0.1, -0.05) is 0 Å². The van der Waals surface area contributed by atoms with Gasteiger partial charge in [0.05, 0.1) is 6.61 Å². The van der Waals surface area contributed by atoms with Crippen molar-refractivity contribution in [2.75, 3.05) is 6.61 Å². The molecule has 23 heteroatoms. The van der Waals surface area contributed by atoms with Crippen molar-refractivity contribution in [2.24, 2.45) is 0 Å². The van der Waals surface area contributed by atoms with E-state index >= 15 is 0 Å². The van der Waals surface area contributed by atoms with Crippen LogP contribution in [-0.4, -0.2) is 112 Å². The summed E-state index contributed by atoms with van der Waals surface area (Å²) in [4.78, 5) is 67.7. The number of phosphoric ester groups is 2. The van der Waals surface area contributed by atoms with E-state index in [9.17, 15) is 58.5 Å². The third-order valence-electron chi connectivity index (χ3n) is 5.52. The molecule has 11 atom stereocenters. The van der Waals surface area contributed by atoms with Crippen molar-refractivity contribution in [3.05, 3.63) is 33.1 Å². The lowest BCUT2D eigenvalue weighted by molar-refractivity contribution is -0.243. The zero-order valence-corrected chi connectivity index (χ0v) is 21.8. The van der Waals surface area contributed by atoms with E-state index in [1.807, 2.05) is 10.3 Å². The normalized spacial score (nSPS) is 35.4. The van der Waals surface area contributed by atoms with Crippen molar-refractivity contribution in [1.82, 2.24) is 14.9 Å². The van der Waals surface area contributed by atoms with Crippen molar-refractivity contribution >= 4 is 27.5 Å². The number of hydrogen-bond donors (Lipinski definition) is 9. The first-order valence-electron chi connectivity index (χ1n) is 11.0. The number of carbonyl (C=O) groups is 2. The van der Waals surface area contributed by atoms with Gasteiger partial charge in [-0.15, -0.1) is 0 Å². The van der Waals surface area contributed by atoms with E-state index in [0.29, 0.717) is 4.57 Å². The number of H-pyrrole nitrogens is 1. The number of carboxylic acids is 1. The van der Waals surface area contributed by atoms with Crippen LogP contribution in [0.5, 0.6) is 0 Å². The van der Waals surface area contributed by atoms with Gasteiger partial charge >= 0.3 is 27.3 Å². The van der Waals surface area contributed by atoms with Crippen LogP contribution in [0.25, 0.3) is 0 Å². The fourth-order valence-corrected chi connectivity index (χ4v) is 5.91. The molecule has 226 valence electrons. The number of aromatic nitrogens is 2. The second kappa shape index (κ2) is 12.2. The van der Waals surface area contributed by atoms with Gasteiger partial charge in [0.1, 0.15) is 36.6 Å². The van der Waals surface area contributed by atoms with Crippen LogP contribution < -0.4 is 16.6 Å². The molecule has 21 nitrogen and oxygen atoms in total. The number of carbonyl (C=O) groups excluding carboxylic acids is 1. The first-order valence-corrected chi connectivity index (χ1v) is 14.0. The summed E-state index contributed by atoms with van der Waals surface area (Å²) in [5, 5.41) is 51.6. The smallest absolute Gasteiger partial charge is 0.479 e. The Morgan fingerprint density at radius 3 is 2.27 bits per heavy atom. The van der Waals surface area contributed by atoms with E-state index in [2.05, 4.69) is 13.4 Å². The third-order valence-corrected chi connectivity index (χ3v) is 8.12. The highest BCUT2D eigenvalue weighted by atomic mass is 31.3. The van der Waals surface area contributed by atoms with Gasteiger partial charge in [0, 0.05) is 19.2 Å². The zero-order valence-electron chi connectivity index (χ0n) is 20.0. The molecule has 0 aliphatic carbocycles. The molecule has 0 aromatic carbocycles. The number of aromatic amines is 1. The third kappa shape index (κ3) is 7.47. The molecule has 2 saturated heterocycles. The Hall–Kier alpha value is -2.36. The van der Waals surface area contributed by atoms with E-state index in [4.69, 9.17) is 14.6 Å². The fourth-order valence-electron chi connectivity index (χ4n) is 3.74. The molecule has 3 unspecified atom stereocenters. The minimum atomic E-state index is -5.76. The molecule has 1 aromatic heterocycles. The Balaban J connectivity index is 1.68. The standard InChI is InChI=1S/C17H25N3O18P2/c1-5(21)18-8-10(24)11(25)13(15(27)28)36-16(8)37-40(32,33)38-39(30,31)34-4-6-9(23)12(26)14(35-6)20-3-2-7(22)19-17(20)29/h2-3,6,8-14,16,23-26H,4H2,1H3,(H,18,21)(H,27,28)(H,30,31)(H,32,33)(H,19,22,29)/t6-,8-,9-,10-,11-,12-,13+,14-,16?/m1/s1. The molecule has 0 saturated carbocycles. The first-order chi connectivity index (χ1) is 18.4. The second-order valence-corrected chi connectivity index (χ2v) is 11.5. The van der Waals surface area contributed by atoms with Crippen LogP contribution in [0.4, 0.5) is 0 Å². The average Bonchev–Trinajstić information content (AvgIpc) is 3.09. The summed E-state index contributed by atoms with van der Waals surface area (Å²) in [7, 11) is -11.4. The van der Waals surface area contributed by atoms with Gasteiger partial charge in [0.15, 0.2) is 18.6 Å². The van der Waals surface area contributed by atoms with E-state index in [0.717, 1.165) is 19.2 Å². The Kier molecular flexibility index (Phi) is 9.85. The maximum absolute atomic E-state index is 12.4. The molecule has 3 heterocycles. The summed E-state index contributed by atoms with van der Waals surface area (Å²) in [5.74, 6) is -2.72. The summed E-state index contributed by atoms with van der Waals surface area (Å²) in [5.41, 5.74) is -1.79. The quantitative estimate of drug-likeness (QED) is 0.111. The van der Waals surface area contributed by atoms with Crippen LogP contribution in [0, 0.1) is 0 Å². The number of aliphatic carboxylic acids is 1. The van der Waals surface area contributed by atoms with Crippen LogP contribution >= 0.6 is 15.6 Å². The van der Waals surface area contributed by atoms with Crippen LogP contribution in [0.15, 0.2) is 21.9 Å². The molecule has 2 fully saturated rings. The number of amides is 1. The van der Waals surface area contributed by atoms with Crippen molar-refractivity contribution in [3.63, 3.8) is 0 Å². The predicted octanol–water partition coefficient (Wildman–Crippen LogP) is -4.56. The number of aliphatic hydroxyl groups is 4. The van der Waals surface area contributed by atoms with Crippen LogP contribution in [-0.2, 0) is 41.6 Å². The second-order valence-electron chi connectivity index (χ2n) is 8.45. The Morgan fingerprint density at radius 1 is 1.05 bits per heavy atom. The summed E-state index contributed by atoms with van der Waals surface area (Å²) < 4.78 is 48.7. The van der Waals surface area contributed by atoms with Crippen LogP contribution in [0.2, 0.25) is 0 Å². The molecule has 9 N–H and O–H groups in total. The van der Waals surface area contributed by atoms with E-state index in [1.165, 1.54) is 0 Å². The molecule has 2 aliphatic rings. The highest BCUT2D eigenvalue weighted by molar-refractivity contribution is 7.61. The molecule has 1 amide bonds. The number of ether oxygens (including phenoxy) is 2. The fraction of sp³-hybridized carbons (Fsp3) is 0.647. The maximum atomic E-state index is 12.4. The molecule has 2 aliphatic heterocycles. The van der Waals surface area contributed by atoms with Gasteiger partial charge in [-0.3, -0.25) is 28.2 Å². The maximum Gasteiger partial charge on any atom is 0.483 e. The lowest BCUT2D eigenvalue weighted by atomic mass is 9.97. The van der Waals surface area contributed by atoms with E-state index < -0.39 is 101 Å². The number of hydrogen-bond acceptors (Lipinski definition) is 15. The minimum absolute atomic E-state index is 0.700. The van der Waals surface area contributed by atoms with Gasteiger partial charge in [-0.2, -0.15) is 4.31 Å². The Morgan fingerprint density at radius 2 is 1.70 bits per heavy atom. The molecular formula is C17H25N3O18P2. The number of nitrogens with one attached hydrogen (secondary N) is 2. The van der Waals surface area contributed by atoms with Gasteiger partial charge in [0.2, 0.25) is 5.91 Å². The van der Waals surface area contributed by atoms with Crippen molar-refractivity contribution in [2.45, 2.75) is 62.1 Å². The van der Waals surface area contributed by atoms with Crippen LogP contribution in [0.3, 0.4) is 0 Å². The summed E-state index contributed by atoms with van der Waals surface area (Å²) in [6, 6.07) is -0.949. The minimum Gasteiger partial charge on any atom is -0.479 e. The van der Waals surface area contributed by atoms with Gasteiger partial charge < -0.3 is 50.1 Å². The summed E-state index contributed by atoms with van der Waals surface area (Å²) in [6.45, 7) is -0.153. The lowest BCUT2D eigenvalue weighted by Crippen LogP contribution is -2.65. The predicted molar refractivity (Wildman–Crippen MR) is 121 cm³/mol. The van der Waals surface area contributed by atoms with Crippen molar-refractivity contribution in [1.29, 1.82) is 0 Å². The Bertz CT molecular complexity index is 1320. The van der Waals surface area contributed by atoms with E-state index in [1.54, 1.807) is 0 Å². The lowest BCUT2D eigenvalue weighted by Gasteiger charge is -2.41. The van der Waals surface area contributed by atoms with Crippen molar-refractivity contribution < 1.29 is 76.9 Å². The van der Waals surface area contributed by atoms with E-state index in [-0.39, 0.29) is 0 Å². The average molecular weight is 621 g/mol. The SMILES string of the molecule is CC(=O)N[C@H]1C(OP(=O)(O)OP(=O)(O)OC[C@H]2O[C@@H](n3ccc(=O)[nH]c3=O)[C@H](O)[C@@H]2O)O[C@H](C(=O)O)[C@H](O)[C@@H]1O. The molecule has 3 rings (SSSR count). The number of carboxylic acid groups (broad SMARTS) is 1. The molecule has 1 aromatic rings. The number of phosphoric acid groups is 2. The molecule has 40 heavy (non-hydrogen) atoms. The van der Waals surface area contributed by atoms with Crippen LogP contribution in [0.1, 0.15) is 13.2 Å². The molecular weight excluding hydrogens is 596 g/mol. The highest BCUT2D eigenvalue weighted by Gasteiger charge is 2.52. The topological polar surface area (TPSA) is 323 Å². The monoisotopic (exact) mass is 621 g/mol. The largest absolute Gasteiger partial charge is 0.483 e. The molecule has 0 spiro atoms. The van der Waals surface area contributed by atoms with Gasteiger partial charge in [-0.05, 0) is 0 Å². The molecule has 0 bridgehead atoms. The van der Waals surface area contributed by atoms with Crippen molar-refractivity contribution in [3.8, 4) is 0 Å². The summed E-state index contributed by atoms with van der Waals surface area (Å²) in [6.07, 6.45) is -14.7. The van der Waals surface area contributed by atoms with Gasteiger partial charge in [0.25, 0.3) is 5.56 Å². The number of nitrogens with zero attached hydrogens (tertiary/aromatic N) is 1. The number of rotatable bonds is 10. The summed E-state index contributed by atoms with van der Waals surface area (Å²) >= 11 is 0. The van der Waals surface area contributed by atoms with Gasteiger partial charge in [-0.25, -0.2) is 18.7 Å². The highest BCUT2D eigenvalue weighted by Crippen LogP contribution is 2.61. The zero-order chi connectivity index (χ0) is 30.2.